The smallest absolute Gasteiger partial charge is 0.270 e. The predicted octanol–water partition coefficient (Wildman–Crippen LogP) is 2.87. The number of ether oxygens (including phenoxy) is 1. The fourth-order valence-electron chi connectivity index (χ4n) is 3.04. The Morgan fingerprint density at radius 2 is 2.29 bits per heavy atom. The Hall–Kier alpha value is -1.73. The van der Waals surface area contributed by atoms with Crippen LogP contribution in [0.3, 0.4) is 0 Å². The largest absolute Gasteiger partial charge is 0.376 e. The summed E-state index contributed by atoms with van der Waals surface area (Å²) in [6.07, 6.45) is 8.91. The van der Waals surface area contributed by atoms with E-state index in [0.29, 0.717) is 30.9 Å². The van der Waals surface area contributed by atoms with E-state index in [1.54, 1.807) is 16.3 Å². The van der Waals surface area contributed by atoms with Crippen LogP contribution in [-0.2, 0) is 11.8 Å². The summed E-state index contributed by atoms with van der Waals surface area (Å²) in [6, 6.07) is 0. The van der Waals surface area contributed by atoms with Crippen LogP contribution in [0.2, 0.25) is 0 Å². The highest BCUT2D eigenvalue weighted by Gasteiger charge is 2.21. The molecule has 0 unspecified atom stereocenters. The summed E-state index contributed by atoms with van der Waals surface area (Å²) in [5.41, 5.74) is 1.38. The van der Waals surface area contributed by atoms with E-state index in [2.05, 4.69) is 22.3 Å². The van der Waals surface area contributed by atoms with Crippen LogP contribution >= 0.6 is 11.3 Å². The molecule has 0 radical (unpaired) electrons. The van der Waals surface area contributed by atoms with Gasteiger partial charge >= 0.3 is 0 Å². The van der Waals surface area contributed by atoms with Crippen molar-refractivity contribution in [2.24, 2.45) is 13.0 Å². The van der Waals surface area contributed by atoms with Crippen molar-refractivity contribution in [2.45, 2.75) is 38.7 Å². The topological polar surface area (TPSA) is 69.0 Å². The molecule has 0 saturated heterocycles. The zero-order chi connectivity index (χ0) is 16.9. The van der Waals surface area contributed by atoms with Crippen molar-refractivity contribution < 1.29 is 9.53 Å². The molecule has 2 heterocycles. The van der Waals surface area contributed by atoms with E-state index in [4.69, 9.17) is 4.74 Å². The number of nitrogens with zero attached hydrogens (tertiary/aromatic N) is 3. The number of amides is 1. The highest BCUT2D eigenvalue weighted by atomic mass is 32.1. The molecule has 1 amide bonds. The first-order valence-electron chi connectivity index (χ1n) is 8.48. The maximum absolute atomic E-state index is 12.2. The van der Waals surface area contributed by atoms with E-state index in [0.717, 1.165) is 17.0 Å². The predicted molar refractivity (Wildman–Crippen MR) is 94.0 cm³/mol. The minimum Gasteiger partial charge on any atom is -0.376 e. The van der Waals surface area contributed by atoms with Crippen molar-refractivity contribution in [3.63, 3.8) is 0 Å². The van der Waals surface area contributed by atoms with Gasteiger partial charge in [-0.15, -0.1) is 11.3 Å². The Bertz CT molecular complexity index is 682. The third-order valence-electron chi connectivity index (χ3n) is 4.44. The molecule has 1 fully saturated rings. The van der Waals surface area contributed by atoms with Crippen molar-refractivity contribution in [3.05, 3.63) is 23.5 Å². The Labute approximate surface area is 146 Å². The van der Waals surface area contributed by atoms with Gasteiger partial charge in [0.05, 0.1) is 18.9 Å². The van der Waals surface area contributed by atoms with Crippen LogP contribution in [0.15, 0.2) is 17.8 Å². The molecular formula is C17H24N4O2S. The number of carbonyl (C=O) groups excluding carboxylic acids is 1. The van der Waals surface area contributed by atoms with Gasteiger partial charge in [0.2, 0.25) is 0 Å². The van der Waals surface area contributed by atoms with Crippen LogP contribution in [-0.4, -0.2) is 39.9 Å². The van der Waals surface area contributed by atoms with Crippen LogP contribution in [0.1, 0.15) is 43.1 Å². The number of hydrogen-bond acceptors (Lipinski definition) is 5. The van der Waals surface area contributed by atoms with Crippen molar-refractivity contribution in [1.29, 1.82) is 0 Å². The zero-order valence-corrected chi connectivity index (χ0v) is 15.0. The molecule has 0 bridgehead atoms. The molecule has 2 atom stereocenters. The number of thiazole rings is 1. The number of aryl methyl sites for hydroxylation is 1. The maximum Gasteiger partial charge on any atom is 0.270 e. The van der Waals surface area contributed by atoms with E-state index in [1.807, 2.05) is 13.2 Å². The lowest BCUT2D eigenvalue weighted by molar-refractivity contribution is -0.00294. The third kappa shape index (κ3) is 4.21. The molecule has 130 valence electrons. The Morgan fingerprint density at radius 1 is 1.46 bits per heavy atom. The average molecular weight is 348 g/mol. The molecular weight excluding hydrogens is 324 g/mol. The summed E-state index contributed by atoms with van der Waals surface area (Å²) < 4.78 is 7.64. The monoisotopic (exact) mass is 348 g/mol. The van der Waals surface area contributed by atoms with Gasteiger partial charge in [0.25, 0.3) is 5.91 Å². The first kappa shape index (κ1) is 17.1. The lowest BCUT2D eigenvalue weighted by atomic mass is 9.88. The summed E-state index contributed by atoms with van der Waals surface area (Å²) in [4.78, 5) is 16.6. The maximum atomic E-state index is 12.2. The minimum atomic E-state index is -0.151. The fraction of sp³-hybridized carbons (Fsp3) is 0.588. The second kappa shape index (κ2) is 7.90. The summed E-state index contributed by atoms with van der Waals surface area (Å²) in [5.74, 6) is 0.469. The Balaban J connectivity index is 1.44. The van der Waals surface area contributed by atoms with E-state index in [1.165, 1.54) is 30.6 Å². The van der Waals surface area contributed by atoms with Gasteiger partial charge in [0.15, 0.2) is 0 Å². The quantitative estimate of drug-likeness (QED) is 0.815. The van der Waals surface area contributed by atoms with Crippen molar-refractivity contribution >= 4 is 17.2 Å². The number of aromatic nitrogens is 3. The molecule has 24 heavy (non-hydrogen) atoms. The lowest BCUT2D eigenvalue weighted by Gasteiger charge is -2.28. The highest BCUT2D eigenvalue weighted by Crippen LogP contribution is 2.26. The molecule has 7 heteroatoms. The van der Waals surface area contributed by atoms with E-state index >= 15 is 0 Å². The van der Waals surface area contributed by atoms with Gasteiger partial charge in [0, 0.05) is 30.7 Å². The Kier molecular flexibility index (Phi) is 5.63. The molecule has 1 aliphatic carbocycles. The molecule has 2 aromatic heterocycles. The molecule has 6 nitrogen and oxygen atoms in total. The number of nitrogens with one attached hydrogen (secondary N) is 1. The normalized spacial score (nSPS) is 20.9. The number of rotatable bonds is 6. The van der Waals surface area contributed by atoms with Crippen LogP contribution in [0.4, 0.5) is 0 Å². The van der Waals surface area contributed by atoms with E-state index in [-0.39, 0.29) is 5.91 Å². The third-order valence-corrected chi connectivity index (χ3v) is 5.33. The zero-order valence-electron chi connectivity index (χ0n) is 14.2. The first-order valence-corrected chi connectivity index (χ1v) is 9.36. The molecule has 2 aromatic rings. The van der Waals surface area contributed by atoms with Crippen molar-refractivity contribution in [2.75, 3.05) is 13.2 Å². The van der Waals surface area contributed by atoms with Gasteiger partial charge < -0.3 is 10.1 Å². The Morgan fingerprint density at radius 3 is 3.04 bits per heavy atom. The summed E-state index contributed by atoms with van der Waals surface area (Å²) in [6.45, 7) is 3.32. The lowest BCUT2D eigenvalue weighted by Crippen LogP contribution is -2.31. The molecule has 3 rings (SSSR count). The van der Waals surface area contributed by atoms with Gasteiger partial charge in [-0.3, -0.25) is 9.48 Å². The first-order chi connectivity index (χ1) is 11.6. The number of carbonyl (C=O) groups is 1. The highest BCUT2D eigenvalue weighted by molar-refractivity contribution is 7.13. The van der Waals surface area contributed by atoms with Gasteiger partial charge in [0.1, 0.15) is 10.7 Å². The number of hydrogen-bond donors (Lipinski definition) is 1. The average Bonchev–Trinajstić information content (AvgIpc) is 3.21. The van der Waals surface area contributed by atoms with Crippen molar-refractivity contribution in [1.82, 2.24) is 20.1 Å². The SMILES string of the molecule is C[C@H]1CCCC[C@H]1OCCNC(=O)c1csc(-c2cnn(C)c2)n1. The summed E-state index contributed by atoms with van der Waals surface area (Å²) in [5, 5.41) is 9.59. The van der Waals surface area contributed by atoms with E-state index in [9.17, 15) is 4.79 Å². The minimum absolute atomic E-state index is 0.151. The molecule has 1 N–H and O–H groups in total. The summed E-state index contributed by atoms with van der Waals surface area (Å²) >= 11 is 1.45. The molecule has 1 aliphatic rings. The molecule has 1 saturated carbocycles. The summed E-state index contributed by atoms with van der Waals surface area (Å²) in [7, 11) is 1.86. The fourth-order valence-corrected chi connectivity index (χ4v) is 3.81. The van der Waals surface area contributed by atoms with Gasteiger partial charge in [-0.25, -0.2) is 4.98 Å². The van der Waals surface area contributed by atoms with Gasteiger partial charge in [-0.05, 0) is 18.8 Å². The van der Waals surface area contributed by atoms with Crippen LogP contribution in [0.25, 0.3) is 10.6 Å². The standard InChI is InChI=1S/C17H24N4O2S/c1-12-5-3-4-6-15(12)23-8-7-18-16(22)14-11-24-17(20-14)13-9-19-21(2)10-13/h9-12,15H,3-8H2,1-2H3,(H,18,22)/t12-,15+/m0/s1. The van der Waals surface area contributed by atoms with Gasteiger partial charge in [-0.1, -0.05) is 19.8 Å². The van der Waals surface area contributed by atoms with Crippen LogP contribution < -0.4 is 5.32 Å². The molecule has 0 aliphatic heterocycles. The van der Waals surface area contributed by atoms with Crippen LogP contribution in [0, 0.1) is 5.92 Å². The van der Waals surface area contributed by atoms with Crippen molar-refractivity contribution in [3.8, 4) is 10.6 Å². The second-order valence-electron chi connectivity index (χ2n) is 6.37. The van der Waals surface area contributed by atoms with Crippen LogP contribution in [0.5, 0.6) is 0 Å². The van der Waals surface area contributed by atoms with Gasteiger partial charge in [-0.2, -0.15) is 5.10 Å². The second-order valence-corrected chi connectivity index (χ2v) is 7.23. The molecule has 0 aromatic carbocycles. The van der Waals surface area contributed by atoms with E-state index < -0.39 is 0 Å². The molecule has 0 spiro atoms.